The molecule has 0 saturated heterocycles. The van der Waals surface area contributed by atoms with Gasteiger partial charge in [-0.2, -0.15) is 0 Å². The first-order chi connectivity index (χ1) is 11.2. The minimum atomic E-state index is -0.113. The summed E-state index contributed by atoms with van der Waals surface area (Å²) >= 11 is 0. The lowest BCUT2D eigenvalue weighted by Gasteiger charge is -2.06. The summed E-state index contributed by atoms with van der Waals surface area (Å²) in [6, 6.07) is 7.47. The van der Waals surface area contributed by atoms with E-state index in [1.165, 1.54) is 0 Å². The molecule has 0 fully saturated rings. The number of hydrogen-bond acceptors (Lipinski definition) is 2. The first-order valence-corrected chi connectivity index (χ1v) is 8.35. The number of rotatable bonds is 8. The first kappa shape index (κ1) is 17.1. The molecule has 0 unspecified atom stereocenters. The number of fused-ring (bicyclic) bond motifs is 1. The zero-order chi connectivity index (χ0) is 16.7. The molecular formula is C18H25N3O2. The van der Waals surface area contributed by atoms with Crippen molar-refractivity contribution in [3.8, 4) is 0 Å². The van der Waals surface area contributed by atoms with E-state index in [1.807, 2.05) is 24.3 Å². The summed E-state index contributed by atoms with van der Waals surface area (Å²) in [7, 11) is 0. The zero-order valence-electron chi connectivity index (χ0n) is 13.9. The van der Waals surface area contributed by atoms with Gasteiger partial charge in [-0.25, -0.2) is 0 Å². The maximum Gasteiger partial charge on any atom is 0.267 e. The fourth-order valence-corrected chi connectivity index (χ4v) is 2.41. The molecule has 1 heterocycles. The van der Waals surface area contributed by atoms with E-state index in [1.54, 1.807) is 0 Å². The lowest BCUT2D eigenvalue weighted by molar-refractivity contribution is -0.116. The van der Waals surface area contributed by atoms with Crippen LogP contribution in [0.4, 0.5) is 5.69 Å². The Kier molecular flexibility index (Phi) is 6.20. The highest BCUT2D eigenvalue weighted by Gasteiger charge is 2.12. The standard InChI is InChI=1S/C18H25N3O2/c1-3-5-10-16(22)20-14-9-7-8-13-12-15(21-17(13)14)18(23)19-11-6-4-2/h7-9,12,21H,3-6,10-11H2,1-2H3,(H,19,23)(H,20,22). The van der Waals surface area contributed by atoms with Gasteiger partial charge in [0.15, 0.2) is 0 Å². The Labute approximate surface area is 136 Å². The molecule has 0 aliphatic rings. The molecule has 0 bridgehead atoms. The van der Waals surface area contributed by atoms with Crippen molar-refractivity contribution >= 4 is 28.4 Å². The molecule has 0 atom stereocenters. The number of aromatic amines is 1. The fourth-order valence-electron chi connectivity index (χ4n) is 2.41. The monoisotopic (exact) mass is 315 g/mol. The number of nitrogens with one attached hydrogen (secondary N) is 3. The number of carbonyl (C=O) groups is 2. The van der Waals surface area contributed by atoms with E-state index >= 15 is 0 Å². The molecule has 0 radical (unpaired) electrons. The molecular weight excluding hydrogens is 290 g/mol. The summed E-state index contributed by atoms with van der Waals surface area (Å²) in [6.07, 6.45) is 4.38. The van der Waals surface area contributed by atoms with Gasteiger partial charge in [0, 0.05) is 18.4 Å². The highest BCUT2D eigenvalue weighted by Crippen LogP contribution is 2.24. The number of hydrogen-bond donors (Lipinski definition) is 3. The predicted octanol–water partition coefficient (Wildman–Crippen LogP) is 3.83. The Balaban J connectivity index is 2.14. The van der Waals surface area contributed by atoms with Crippen molar-refractivity contribution in [2.45, 2.75) is 46.0 Å². The van der Waals surface area contributed by atoms with Crippen molar-refractivity contribution in [3.63, 3.8) is 0 Å². The van der Waals surface area contributed by atoms with Crippen LogP contribution in [0.2, 0.25) is 0 Å². The number of H-pyrrole nitrogens is 1. The number of benzene rings is 1. The highest BCUT2D eigenvalue weighted by molar-refractivity contribution is 6.04. The van der Waals surface area contributed by atoms with Crippen LogP contribution in [0.5, 0.6) is 0 Å². The maximum absolute atomic E-state index is 12.1. The Hall–Kier alpha value is -2.30. The summed E-state index contributed by atoms with van der Waals surface area (Å²) in [5.41, 5.74) is 2.03. The van der Waals surface area contributed by atoms with Crippen LogP contribution in [0.15, 0.2) is 24.3 Å². The third-order valence-corrected chi connectivity index (χ3v) is 3.75. The second-order valence-electron chi connectivity index (χ2n) is 5.71. The van der Waals surface area contributed by atoms with Gasteiger partial charge in [0.1, 0.15) is 5.69 Å². The molecule has 1 aromatic carbocycles. The second kappa shape index (κ2) is 8.36. The third-order valence-electron chi connectivity index (χ3n) is 3.75. The van der Waals surface area contributed by atoms with Crippen molar-refractivity contribution in [3.05, 3.63) is 30.0 Å². The molecule has 0 saturated carbocycles. The number of anilines is 1. The summed E-state index contributed by atoms with van der Waals surface area (Å²) in [5.74, 6) is -0.110. The first-order valence-electron chi connectivity index (χ1n) is 8.35. The van der Waals surface area contributed by atoms with Crippen LogP contribution in [0.25, 0.3) is 10.9 Å². The molecule has 2 aromatic rings. The normalized spacial score (nSPS) is 10.7. The Morgan fingerprint density at radius 3 is 2.65 bits per heavy atom. The largest absolute Gasteiger partial charge is 0.351 e. The van der Waals surface area contributed by atoms with Crippen LogP contribution in [-0.4, -0.2) is 23.3 Å². The van der Waals surface area contributed by atoms with Gasteiger partial charge in [0.05, 0.1) is 11.2 Å². The van der Waals surface area contributed by atoms with E-state index < -0.39 is 0 Å². The van der Waals surface area contributed by atoms with Gasteiger partial charge in [-0.3, -0.25) is 9.59 Å². The maximum atomic E-state index is 12.1. The van der Waals surface area contributed by atoms with E-state index in [4.69, 9.17) is 0 Å². The van der Waals surface area contributed by atoms with Crippen LogP contribution < -0.4 is 10.6 Å². The predicted molar refractivity (Wildman–Crippen MR) is 93.7 cm³/mol. The van der Waals surface area contributed by atoms with Gasteiger partial charge in [0.25, 0.3) is 5.91 Å². The Morgan fingerprint density at radius 1 is 1.13 bits per heavy atom. The molecule has 5 nitrogen and oxygen atoms in total. The number of para-hydroxylation sites is 1. The van der Waals surface area contributed by atoms with E-state index in [0.717, 1.165) is 42.3 Å². The van der Waals surface area contributed by atoms with Crippen molar-refractivity contribution in [1.82, 2.24) is 10.3 Å². The van der Waals surface area contributed by atoms with Crippen LogP contribution in [0.3, 0.4) is 0 Å². The second-order valence-corrected chi connectivity index (χ2v) is 5.71. The average molecular weight is 315 g/mol. The van der Waals surface area contributed by atoms with Crippen molar-refractivity contribution in [2.24, 2.45) is 0 Å². The van der Waals surface area contributed by atoms with Crippen LogP contribution >= 0.6 is 0 Å². The molecule has 0 spiro atoms. The molecule has 3 N–H and O–H groups in total. The van der Waals surface area contributed by atoms with Crippen molar-refractivity contribution in [2.75, 3.05) is 11.9 Å². The lowest BCUT2D eigenvalue weighted by Crippen LogP contribution is -2.24. The van der Waals surface area contributed by atoms with E-state index in [2.05, 4.69) is 29.5 Å². The van der Waals surface area contributed by atoms with Crippen molar-refractivity contribution < 1.29 is 9.59 Å². The number of carbonyl (C=O) groups excluding carboxylic acids is 2. The van der Waals surface area contributed by atoms with Gasteiger partial charge < -0.3 is 15.6 Å². The van der Waals surface area contributed by atoms with Gasteiger partial charge in [0.2, 0.25) is 5.91 Å². The molecule has 1 aromatic heterocycles. The summed E-state index contributed by atoms with van der Waals surface area (Å²) in [6.45, 7) is 4.82. The molecule has 124 valence electrons. The number of amides is 2. The third kappa shape index (κ3) is 4.58. The molecule has 5 heteroatoms. The molecule has 23 heavy (non-hydrogen) atoms. The SMILES string of the molecule is CCCCNC(=O)c1cc2cccc(NC(=O)CCCC)c2[nH]1. The number of aromatic nitrogens is 1. The van der Waals surface area contributed by atoms with Gasteiger partial charge in [-0.1, -0.05) is 38.8 Å². The average Bonchev–Trinajstić information content (AvgIpc) is 2.98. The quantitative estimate of drug-likeness (QED) is 0.648. The Morgan fingerprint density at radius 2 is 1.91 bits per heavy atom. The lowest BCUT2D eigenvalue weighted by atomic mass is 10.2. The van der Waals surface area contributed by atoms with Crippen molar-refractivity contribution in [1.29, 1.82) is 0 Å². The summed E-state index contributed by atoms with van der Waals surface area (Å²) < 4.78 is 0. The van der Waals surface area contributed by atoms with Gasteiger partial charge >= 0.3 is 0 Å². The van der Waals surface area contributed by atoms with E-state index in [-0.39, 0.29) is 11.8 Å². The molecule has 2 rings (SSSR count). The smallest absolute Gasteiger partial charge is 0.267 e. The summed E-state index contributed by atoms with van der Waals surface area (Å²) in [4.78, 5) is 27.2. The van der Waals surface area contributed by atoms with Crippen LogP contribution in [0.1, 0.15) is 56.4 Å². The van der Waals surface area contributed by atoms with Gasteiger partial charge in [-0.15, -0.1) is 0 Å². The van der Waals surface area contributed by atoms with E-state index in [9.17, 15) is 9.59 Å². The minimum absolute atomic E-state index is 0.00268. The fraction of sp³-hybridized carbons (Fsp3) is 0.444. The van der Waals surface area contributed by atoms with Crippen LogP contribution in [0, 0.1) is 0 Å². The topological polar surface area (TPSA) is 74.0 Å². The summed E-state index contributed by atoms with van der Waals surface area (Å²) in [5, 5.41) is 6.73. The van der Waals surface area contributed by atoms with Gasteiger partial charge in [-0.05, 0) is 25.0 Å². The highest BCUT2D eigenvalue weighted by atomic mass is 16.2. The number of unbranched alkanes of at least 4 members (excludes halogenated alkanes) is 2. The zero-order valence-corrected chi connectivity index (χ0v) is 13.9. The molecule has 0 aliphatic heterocycles. The minimum Gasteiger partial charge on any atom is -0.351 e. The molecule has 2 amide bonds. The Bertz CT molecular complexity index is 676. The molecule has 0 aliphatic carbocycles. The van der Waals surface area contributed by atoms with Crippen LogP contribution in [-0.2, 0) is 4.79 Å². The van der Waals surface area contributed by atoms with E-state index in [0.29, 0.717) is 18.7 Å².